The lowest BCUT2D eigenvalue weighted by atomic mass is 10.0. The van der Waals surface area contributed by atoms with E-state index < -0.39 is 5.97 Å². The summed E-state index contributed by atoms with van der Waals surface area (Å²) in [5.74, 6) is -1.41. The van der Waals surface area contributed by atoms with Gasteiger partial charge in [-0.2, -0.15) is 0 Å². The number of aromatic carboxylic acids is 1. The molecular weight excluding hydrogens is 258 g/mol. The zero-order valence-corrected chi connectivity index (χ0v) is 11.0. The lowest BCUT2D eigenvalue weighted by Crippen LogP contribution is -2.13. The van der Waals surface area contributed by atoms with Crippen LogP contribution in [0.15, 0.2) is 30.9 Å². The number of hydrogen-bond acceptors (Lipinski definition) is 4. The van der Waals surface area contributed by atoms with Crippen LogP contribution in [0.25, 0.3) is 0 Å². The standard InChI is InChI=1S/C14H13N3O3/c1-8-3-11(4-12(9(8)2)14(19)20)17-13(18)10-5-15-7-16-6-10/h3-7H,1-2H3,(H,17,18)(H,19,20). The summed E-state index contributed by atoms with van der Waals surface area (Å²) in [6.45, 7) is 3.53. The van der Waals surface area contributed by atoms with E-state index in [1.165, 1.54) is 24.8 Å². The van der Waals surface area contributed by atoms with Crippen LogP contribution in [0.1, 0.15) is 31.8 Å². The van der Waals surface area contributed by atoms with Crippen LogP contribution >= 0.6 is 0 Å². The number of carbonyl (C=O) groups is 2. The number of nitrogens with zero attached hydrogens (tertiary/aromatic N) is 2. The lowest BCUT2D eigenvalue weighted by Gasteiger charge is -2.10. The number of rotatable bonds is 3. The number of nitrogens with one attached hydrogen (secondary N) is 1. The Bertz CT molecular complexity index is 669. The van der Waals surface area contributed by atoms with E-state index >= 15 is 0 Å². The van der Waals surface area contributed by atoms with E-state index in [2.05, 4.69) is 15.3 Å². The maximum absolute atomic E-state index is 12.0. The van der Waals surface area contributed by atoms with Crippen LogP contribution in [0.5, 0.6) is 0 Å². The molecule has 0 fully saturated rings. The van der Waals surface area contributed by atoms with Crippen molar-refractivity contribution >= 4 is 17.6 Å². The van der Waals surface area contributed by atoms with Crippen LogP contribution in [-0.2, 0) is 0 Å². The smallest absolute Gasteiger partial charge is 0.336 e. The van der Waals surface area contributed by atoms with Crippen LogP contribution in [0.3, 0.4) is 0 Å². The Morgan fingerprint density at radius 1 is 1.15 bits per heavy atom. The fourth-order valence-electron chi connectivity index (χ4n) is 1.77. The molecule has 2 aromatic rings. The summed E-state index contributed by atoms with van der Waals surface area (Å²) in [6, 6.07) is 3.16. The van der Waals surface area contributed by atoms with Crippen molar-refractivity contribution in [2.45, 2.75) is 13.8 Å². The fraction of sp³-hybridized carbons (Fsp3) is 0.143. The Morgan fingerprint density at radius 3 is 2.40 bits per heavy atom. The molecule has 0 bridgehead atoms. The Hall–Kier alpha value is -2.76. The fourth-order valence-corrected chi connectivity index (χ4v) is 1.77. The summed E-state index contributed by atoms with van der Waals surface area (Å²) < 4.78 is 0. The first-order valence-electron chi connectivity index (χ1n) is 5.90. The maximum Gasteiger partial charge on any atom is 0.336 e. The average molecular weight is 271 g/mol. The molecule has 0 unspecified atom stereocenters. The number of carbonyl (C=O) groups excluding carboxylic acids is 1. The first kappa shape index (κ1) is 13.7. The molecule has 0 aliphatic carbocycles. The minimum absolute atomic E-state index is 0.171. The maximum atomic E-state index is 12.0. The van der Waals surface area contributed by atoms with E-state index in [-0.39, 0.29) is 11.5 Å². The van der Waals surface area contributed by atoms with E-state index in [1.54, 1.807) is 19.9 Å². The van der Waals surface area contributed by atoms with Crippen molar-refractivity contribution in [2.75, 3.05) is 5.32 Å². The minimum Gasteiger partial charge on any atom is -0.478 e. The van der Waals surface area contributed by atoms with Gasteiger partial charge in [-0.3, -0.25) is 4.79 Å². The van der Waals surface area contributed by atoms with Crippen molar-refractivity contribution in [3.8, 4) is 0 Å². The van der Waals surface area contributed by atoms with E-state index in [9.17, 15) is 9.59 Å². The van der Waals surface area contributed by atoms with Gasteiger partial charge in [0.05, 0.1) is 11.1 Å². The molecule has 0 aliphatic heterocycles. The van der Waals surface area contributed by atoms with Gasteiger partial charge in [0.15, 0.2) is 0 Å². The summed E-state index contributed by atoms with van der Waals surface area (Å²) in [4.78, 5) is 30.6. The number of anilines is 1. The Kier molecular flexibility index (Phi) is 3.74. The highest BCUT2D eigenvalue weighted by atomic mass is 16.4. The Morgan fingerprint density at radius 2 is 1.80 bits per heavy atom. The second-order valence-electron chi connectivity index (χ2n) is 4.35. The molecule has 0 spiro atoms. The number of carboxylic acids is 1. The molecule has 1 aromatic heterocycles. The third-order valence-corrected chi connectivity index (χ3v) is 2.98. The SMILES string of the molecule is Cc1cc(NC(=O)c2cncnc2)cc(C(=O)O)c1C. The van der Waals surface area contributed by atoms with Gasteiger partial charge in [0.25, 0.3) is 5.91 Å². The van der Waals surface area contributed by atoms with Gasteiger partial charge in [-0.15, -0.1) is 0 Å². The van der Waals surface area contributed by atoms with Crippen LogP contribution in [0.2, 0.25) is 0 Å². The van der Waals surface area contributed by atoms with Crippen LogP contribution in [-0.4, -0.2) is 27.0 Å². The van der Waals surface area contributed by atoms with Crippen LogP contribution in [0, 0.1) is 13.8 Å². The van der Waals surface area contributed by atoms with Gasteiger partial charge >= 0.3 is 5.97 Å². The topological polar surface area (TPSA) is 92.2 Å². The largest absolute Gasteiger partial charge is 0.478 e. The molecule has 1 aromatic carbocycles. The molecule has 1 amide bonds. The summed E-state index contributed by atoms with van der Waals surface area (Å²) >= 11 is 0. The molecule has 6 nitrogen and oxygen atoms in total. The minimum atomic E-state index is -1.02. The average Bonchev–Trinajstić information content (AvgIpc) is 2.43. The molecule has 0 saturated carbocycles. The molecule has 0 saturated heterocycles. The summed E-state index contributed by atoms with van der Waals surface area (Å²) in [5.41, 5.74) is 2.38. The first-order valence-corrected chi connectivity index (χ1v) is 5.90. The molecule has 0 aliphatic rings. The summed E-state index contributed by atoms with van der Waals surface area (Å²) in [7, 11) is 0. The molecule has 20 heavy (non-hydrogen) atoms. The third kappa shape index (κ3) is 2.80. The molecule has 0 radical (unpaired) electrons. The van der Waals surface area contributed by atoms with Gasteiger partial charge in [0.2, 0.25) is 0 Å². The van der Waals surface area contributed by atoms with Gasteiger partial charge in [-0.25, -0.2) is 14.8 Å². The van der Waals surface area contributed by atoms with Gasteiger partial charge < -0.3 is 10.4 Å². The molecule has 102 valence electrons. The van der Waals surface area contributed by atoms with Crippen molar-refractivity contribution in [3.63, 3.8) is 0 Å². The van der Waals surface area contributed by atoms with E-state index in [0.717, 1.165) is 5.56 Å². The lowest BCUT2D eigenvalue weighted by molar-refractivity contribution is 0.0695. The molecule has 2 N–H and O–H groups in total. The van der Waals surface area contributed by atoms with E-state index in [1.807, 2.05) is 0 Å². The van der Waals surface area contributed by atoms with Crippen LogP contribution < -0.4 is 5.32 Å². The van der Waals surface area contributed by atoms with Gasteiger partial charge in [0, 0.05) is 18.1 Å². The predicted molar refractivity (Wildman–Crippen MR) is 72.9 cm³/mol. The van der Waals surface area contributed by atoms with E-state index in [0.29, 0.717) is 16.8 Å². The zero-order chi connectivity index (χ0) is 14.7. The molecule has 6 heteroatoms. The first-order chi connectivity index (χ1) is 9.49. The van der Waals surface area contributed by atoms with Crippen LogP contribution in [0.4, 0.5) is 5.69 Å². The summed E-state index contributed by atoms with van der Waals surface area (Å²) in [5, 5.41) is 11.8. The molecular formula is C14H13N3O3. The Balaban J connectivity index is 2.31. The van der Waals surface area contributed by atoms with E-state index in [4.69, 9.17) is 5.11 Å². The number of hydrogen-bond donors (Lipinski definition) is 2. The normalized spacial score (nSPS) is 10.1. The zero-order valence-electron chi connectivity index (χ0n) is 11.0. The van der Waals surface area contributed by atoms with Crippen molar-refractivity contribution in [1.82, 2.24) is 9.97 Å². The third-order valence-electron chi connectivity index (χ3n) is 2.98. The predicted octanol–water partition coefficient (Wildman–Crippen LogP) is 2.04. The van der Waals surface area contributed by atoms with Crippen molar-refractivity contribution in [1.29, 1.82) is 0 Å². The second kappa shape index (κ2) is 5.48. The van der Waals surface area contributed by atoms with Crippen molar-refractivity contribution < 1.29 is 14.7 Å². The van der Waals surface area contributed by atoms with Gasteiger partial charge in [-0.05, 0) is 37.1 Å². The molecule has 2 rings (SSSR count). The number of aromatic nitrogens is 2. The highest BCUT2D eigenvalue weighted by molar-refractivity contribution is 6.04. The molecule has 1 heterocycles. The van der Waals surface area contributed by atoms with Crippen molar-refractivity contribution in [3.05, 3.63) is 53.1 Å². The quantitative estimate of drug-likeness (QED) is 0.891. The highest BCUT2D eigenvalue weighted by Crippen LogP contribution is 2.20. The number of amides is 1. The number of aryl methyl sites for hydroxylation is 1. The number of benzene rings is 1. The van der Waals surface area contributed by atoms with Gasteiger partial charge in [0.1, 0.15) is 6.33 Å². The Labute approximate surface area is 115 Å². The monoisotopic (exact) mass is 271 g/mol. The molecule has 0 atom stereocenters. The highest BCUT2D eigenvalue weighted by Gasteiger charge is 2.13. The number of carboxylic acid groups (broad SMARTS) is 1. The summed E-state index contributed by atoms with van der Waals surface area (Å²) in [6.07, 6.45) is 4.11. The second-order valence-corrected chi connectivity index (χ2v) is 4.35. The van der Waals surface area contributed by atoms with Gasteiger partial charge in [-0.1, -0.05) is 0 Å². The van der Waals surface area contributed by atoms with Crippen molar-refractivity contribution in [2.24, 2.45) is 0 Å².